The van der Waals surface area contributed by atoms with Gasteiger partial charge in [-0.1, -0.05) is 12.8 Å². The maximum Gasteiger partial charge on any atom is 0.242 e. The maximum absolute atomic E-state index is 12.5. The monoisotopic (exact) mass is 224 g/mol. The largest absolute Gasteiger partial charge is 0.338 e. The standard InChI is InChI=1S/C13H24N2O/c1-3-15(11-6-4-5-7-11)12(16)13(2,14)10-8-9-10/h10-11H,3-9,14H2,1-2H3. The van der Waals surface area contributed by atoms with Gasteiger partial charge < -0.3 is 10.6 Å². The Hall–Kier alpha value is -0.570. The normalized spacial score (nSPS) is 25.4. The number of carbonyl (C=O) groups excluding carboxylic acids is 1. The number of carbonyl (C=O) groups is 1. The molecule has 0 bridgehead atoms. The number of amides is 1. The Morgan fingerprint density at radius 1 is 1.31 bits per heavy atom. The topological polar surface area (TPSA) is 46.3 Å². The van der Waals surface area contributed by atoms with Crippen LogP contribution in [0.4, 0.5) is 0 Å². The maximum atomic E-state index is 12.5. The van der Waals surface area contributed by atoms with Gasteiger partial charge in [0.15, 0.2) is 0 Å². The van der Waals surface area contributed by atoms with Crippen LogP contribution in [0.15, 0.2) is 0 Å². The van der Waals surface area contributed by atoms with E-state index in [-0.39, 0.29) is 5.91 Å². The SMILES string of the molecule is CCN(C(=O)C(C)(N)C1CC1)C1CCCC1. The molecule has 0 saturated heterocycles. The second kappa shape index (κ2) is 4.36. The van der Waals surface area contributed by atoms with E-state index in [1.165, 1.54) is 25.7 Å². The minimum Gasteiger partial charge on any atom is -0.338 e. The zero-order chi connectivity index (χ0) is 11.8. The van der Waals surface area contributed by atoms with Crippen molar-refractivity contribution >= 4 is 5.91 Å². The number of likely N-dealkylation sites (N-methyl/N-ethyl adjacent to an activating group) is 1. The van der Waals surface area contributed by atoms with Crippen molar-refractivity contribution in [2.45, 2.75) is 64.0 Å². The summed E-state index contributed by atoms with van der Waals surface area (Å²) in [7, 11) is 0. The molecule has 0 spiro atoms. The molecule has 2 aliphatic carbocycles. The molecule has 1 atom stereocenters. The molecule has 92 valence electrons. The molecule has 2 aliphatic rings. The Bertz CT molecular complexity index is 265. The molecular formula is C13H24N2O. The first kappa shape index (κ1) is 11.9. The summed E-state index contributed by atoms with van der Waals surface area (Å²) in [6.45, 7) is 4.80. The molecule has 2 N–H and O–H groups in total. The van der Waals surface area contributed by atoms with Gasteiger partial charge in [0.1, 0.15) is 0 Å². The van der Waals surface area contributed by atoms with E-state index < -0.39 is 5.54 Å². The predicted molar refractivity (Wildman–Crippen MR) is 65.0 cm³/mol. The molecule has 2 rings (SSSR count). The van der Waals surface area contributed by atoms with Gasteiger partial charge in [0.25, 0.3) is 0 Å². The van der Waals surface area contributed by atoms with Gasteiger partial charge in [0, 0.05) is 12.6 Å². The third kappa shape index (κ3) is 2.10. The zero-order valence-electron chi connectivity index (χ0n) is 10.5. The molecule has 1 amide bonds. The summed E-state index contributed by atoms with van der Waals surface area (Å²) >= 11 is 0. The second-order valence-corrected chi connectivity index (χ2v) is 5.59. The fourth-order valence-corrected chi connectivity index (χ4v) is 2.95. The lowest BCUT2D eigenvalue weighted by molar-refractivity contribution is -0.139. The van der Waals surface area contributed by atoms with Crippen molar-refractivity contribution in [1.82, 2.24) is 4.90 Å². The zero-order valence-corrected chi connectivity index (χ0v) is 10.5. The molecule has 0 radical (unpaired) electrons. The van der Waals surface area contributed by atoms with Crippen LogP contribution in [-0.4, -0.2) is 28.9 Å². The summed E-state index contributed by atoms with van der Waals surface area (Å²) in [4.78, 5) is 14.5. The average Bonchev–Trinajstić information content (AvgIpc) is 2.99. The Morgan fingerprint density at radius 3 is 2.31 bits per heavy atom. The highest BCUT2D eigenvalue weighted by Gasteiger charge is 2.46. The summed E-state index contributed by atoms with van der Waals surface area (Å²) in [6, 6.07) is 0.458. The van der Waals surface area contributed by atoms with Crippen molar-refractivity contribution in [3.63, 3.8) is 0 Å². The van der Waals surface area contributed by atoms with E-state index in [1.54, 1.807) is 0 Å². The van der Waals surface area contributed by atoms with Gasteiger partial charge in [0.05, 0.1) is 5.54 Å². The minimum absolute atomic E-state index is 0.185. The fraction of sp³-hybridized carbons (Fsp3) is 0.923. The number of hydrogen-bond acceptors (Lipinski definition) is 2. The van der Waals surface area contributed by atoms with E-state index in [9.17, 15) is 4.79 Å². The van der Waals surface area contributed by atoms with E-state index >= 15 is 0 Å². The molecule has 2 fully saturated rings. The first-order valence-electron chi connectivity index (χ1n) is 6.67. The molecule has 0 aromatic rings. The second-order valence-electron chi connectivity index (χ2n) is 5.59. The van der Waals surface area contributed by atoms with Gasteiger partial charge >= 0.3 is 0 Å². The molecule has 0 heterocycles. The van der Waals surface area contributed by atoms with Crippen molar-refractivity contribution in [2.75, 3.05) is 6.54 Å². The van der Waals surface area contributed by atoms with Crippen LogP contribution < -0.4 is 5.73 Å². The molecule has 3 nitrogen and oxygen atoms in total. The van der Waals surface area contributed by atoms with Crippen LogP contribution in [0.2, 0.25) is 0 Å². The van der Waals surface area contributed by atoms with Crippen molar-refractivity contribution in [1.29, 1.82) is 0 Å². The van der Waals surface area contributed by atoms with E-state index in [0.717, 1.165) is 19.4 Å². The van der Waals surface area contributed by atoms with E-state index in [4.69, 9.17) is 5.73 Å². The van der Waals surface area contributed by atoms with Crippen LogP contribution in [-0.2, 0) is 4.79 Å². The summed E-state index contributed by atoms with van der Waals surface area (Å²) in [5.74, 6) is 0.611. The molecule has 0 aromatic heterocycles. The van der Waals surface area contributed by atoms with Crippen LogP contribution in [0.3, 0.4) is 0 Å². The Labute approximate surface area is 98.4 Å². The lowest BCUT2D eigenvalue weighted by Crippen LogP contribution is -2.57. The molecule has 3 heteroatoms. The third-order valence-corrected chi connectivity index (χ3v) is 4.25. The molecular weight excluding hydrogens is 200 g/mol. The van der Waals surface area contributed by atoms with Crippen LogP contribution in [0, 0.1) is 5.92 Å². The first-order chi connectivity index (χ1) is 7.57. The highest BCUT2D eigenvalue weighted by Crippen LogP contribution is 2.39. The van der Waals surface area contributed by atoms with E-state index in [1.807, 2.05) is 11.8 Å². The van der Waals surface area contributed by atoms with E-state index in [2.05, 4.69) is 6.92 Å². The number of rotatable bonds is 4. The molecule has 16 heavy (non-hydrogen) atoms. The smallest absolute Gasteiger partial charge is 0.242 e. The van der Waals surface area contributed by atoms with Crippen molar-refractivity contribution in [2.24, 2.45) is 11.7 Å². The molecule has 0 aromatic carbocycles. The highest BCUT2D eigenvalue weighted by molar-refractivity contribution is 5.86. The molecule has 1 unspecified atom stereocenters. The lowest BCUT2D eigenvalue weighted by Gasteiger charge is -2.35. The van der Waals surface area contributed by atoms with E-state index in [0.29, 0.717) is 12.0 Å². The van der Waals surface area contributed by atoms with Crippen molar-refractivity contribution in [3.05, 3.63) is 0 Å². The van der Waals surface area contributed by atoms with Crippen LogP contribution in [0.5, 0.6) is 0 Å². The molecule has 2 saturated carbocycles. The predicted octanol–water partition coefficient (Wildman–Crippen LogP) is 1.90. The number of nitrogens with two attached hydrogens (primary N) is 1. The summed E-state index contributed by atoms with van der Waals surface area (Å²) in [5.41, 5.74) is 5.61. The summed E-state index contributed by atoms with van der Waals surface area (Å²) in [6.07, 6.45) is 7.11. The molecule has 0 aliphatic heterocycles. The van der Waals surface area contributed by atoms with Crippen LogP contribution in [0.25, 0.3) is 0 Å². The van der Waals surface area contributed by atoms with Crippen molar-refractivity contribution < 1.29 is 4.79 Å². The number of nitrogens with zero attached hydrogens (tertiary/aromatic N) is 1. The third-order valence-electron chi connectivity index (χ3n) is 4.25. The van der Waals surface area contributed by atoms with Crippen molar-refractivity contribution in [3.8, 4) is 0 Å². The van der Waals surface area contributed by atoms with Gasteiger partial charge in [-0.3, -0.25) is 4.79 Å². The summed E-state index contributed by atoms with van der Waals surface area (Å²) in [5, 5.41) is 0. The van der Waals surface area contributed by atoms with Gasteiger partial charge in [-0.05, 0) is 45.4 Å². The van der Waals surface area contributed by atoms with Gasteiger partial charge in [-0.25, -0.2) is 0 Å². The first-order valence-corrected chi connectivity index (χ1v) is 6.67. The summed E-state index contributed by atoms with van der Waals surface area (Å²) < 4.78 is 0. The van der Waals surface area contributed by atoms with Crippen LogP contribution >= 0.6 is 0 Å². The minimum atomic E-state index is -0.612. The van der Waals surface area contributed by atoms with Gasteiger partial charge in [-0.15, -0.1) is 0 Å². The highest BCUT2D eigenvalue weighted by atomic mass is 16.2. The quantitative estimate of drug-likeness (QED) is 0.793. The number of hydrogen-bond donors (Lipinski definition) is 1. The Kier molecular flexibility index (Phi) is 3.24. The van der Waals surface area contributed by atoms with Crippen LogP contribution in [0.1, 0.15) is 52.4 Å². The average molecular weight is 224 g/mol. The Morgan fingerprint density at radius 2 is 1.88 bits per heavy atom. The Balaban J connectivity index is 2.04. The lowest BCUT2D eigenvalue weighted by atomic mass is 9.94. The van der Waals surface area contributed by atoms with Gasteiger partial charge in [-0.2, -0.15) is 0 Å². The van der Waals surface area contributed by atoms with Gasteiger partial charge in [0.2, 0.25) is 5.91 Å². The fourth-order valence-electron chi connectivity index (χ4n) is 2.95.